The van der Waals surface area contributed by atoms with Crippen LogP contribution in [0.15, 0.2) is 97.1 Å². The Morgan fingerprint density at radius 2 is 0.393 bits per heavy atom. The fourth-order valence-corrected chi connectivity index (χ4v) is 2.70. The highest BCUT2D eigenvalue weighted by Crippen LogP contribution is 2.22. The van der Waals surface area contributed by atoms with Crippen molar-refractivity contribution in [3.63, 3.8) is 0 Å². The van der Waals surface area contributed by atoms with Gasteiger partial charge in [-0.25, -0.2) is 0 Å². The molecule has 4 rings (SSSR count). The number of nitrogen functional groups attached to an aromatic ring is 4. The molecule has 0 bridgehead atoms. The number of nitrogens with two attached hydrogens (primary N) is 4. The van der Waals surface area contributed by atoms with Crippen molar-refractivity contribution in [1.29, 1.82) is 0 Å². The van der Waals surface area contributed by atoms with Crippen molar-refractivity contribution in [2.75, 3.05) is 22.9 Å². The molecule has 0 aliphatic rings. The Balaban J connectivity index is 0.000000161. The van der Waals surface area contributed by atoms with Crippen LogP contribution < -0.4 is 22.9 Å². The SMILES string of the molecule is Nc1ccc(-c2ccc(N)cc2)cc1.Nc1ccc(-c2ccc(N)cc2)cc1. The Labute approximate surface area is 165 Å². The van der Waals surface area contributed by atoms with Gasteiger partial charge in [0.1, 0.15) is 0 Å². The van der Waals surface area contributed by atoms with E-state index >= 15 is 0 Å². The summed E-state index contributed by atoms with van der Waals surface area (Å²) in [5.41, 5.74) is 30.2. The molecule has 28 heavy (non-hydrogen) atoms. The predicted molar refractivity (Wildman–Crippen MR) is 121 cm³/mol. The molecule has 0 heterocycles. The van der Waals surface area contributed by atoms with Crippen LogP contribution in [0.4, 0.5) is 22.7 Å². The summed E-state index contributed by atoms with van der Waals surface area (Å²) in [7, 11) is 0. The van der Waals surface area contributed by atoms with E-state index in [1.807, 2.05) is 97.1 Å². The molecule has 0 aromatic heterocycles. The van der Waals surface area contributed by atoms with Crippen molar-refractivity contribution in [2.24, 2.45) is 0 Å². The third-order valence-corrected chi connectivity index (χ3v) is 4.31. The van der Waals surface area contributed by atoms with Gasteiger partial charge in [0, 0.05) is 22.7 Å². The van der Waals surface area contributed by atoms with Gasteiger partial charge in [0.05, 0.1) is 0 Å². The molecular formula is C24H24N4. The third kappa shape index (κ3) is 5.05. The van der Waals surface area contributed by atoms with Crippen molar-refractivity contribution in [3.8, 4) is 22.3 Å². The maximum atomic E-state index is 5.61. The van der Waals surface area contributed by atoms with Crippen LogP contribution in [0.3, 0.4) is 0 Å². The van der Waals surface area contributed by atoms with Crippen molar-refractivity contribution >= 4 is 22.7 Å². The minimum absolute atomic E-state index is 0.782. The zero-order valence-electron chi connectivity index (χ0n) is 15.5. The van der Waals surface area contributed by atoms with Gasteiger partial charge in [-0.2, -0.15) is 0 Å². The van der Waals surface area contributed by atoms with E-state index in [0.29, 0.717) is 0 Å². The second kappa shape index (κ2) is 8.64. The van der Waals surface area contributed by atoms with E-state index in [4.69, 9.17) is 22.9 Å². The molecule has 0 fully saturated rings. The average Bonchev–Trinajstić information content (AvgIpc) is 2.71. The average molecular weight is 368 g/mol. The number of hydrogen-bond acceptors (Lipinski definition) is 4. The van der Waals surface area contributed by atoms with Gasteiger partial charge in [-0.3, -0.25) is 0 Å². The molecule has 140 valence electrons. The quantitative estimate of drug-likeness (QED) is 0.372. The summed E-state index contributed by atoms with van der Waals surface area (Å²) in [4.78, 5) is 0. The molecule has 4 aromatic rings. The first kappa shape index (κ1) is 18.9. The van der Waals surface area contributed by atoms with Crippen LogP contribution in [0.25, 0.3) is 22.3 Å². The smallest absolute Gasteiger partial charge is 0.0314 e. The summed E-state index contributed by atoms with van der Waals surface area (Å²) in [6, 6.07) is 31.2. The first-order valence-corrected chi connectivity index (χ1v) is 8.94. The zero-order chi connectivity index (χ0) is 19.9. The molecular weight excluding hydrogens is 344 g/mol. The van der Waals surface area contributed by atoms with Crippen molar-refractivity contribution in [3.05, 3.63) is 97.1 Å². The minimum Gasteiger partial charge on any atom is -0.399 e. The first-order chi connectivity index (χ1) is 13.5. The molecule has 4 heteroatoms. The minimum atomic E-state index is 0.782. The highest BCUT2D eigenvalue weighted by atomic mass is 14.5. The van der Waals surface area contributed by atoms with Gasteiger partial charge in [0.2, 0.25) is 0 Å². The highest BCUT2D eigenvalue weighted by Gasteiger charge is 1.97. The van der Waals surface area contributed by atoms with Gasteiger partial charge in [-0.05, 0) is 70.8 Å². The van der Waals surface area contributed by atoms with E-state index < -0.39 is 0 Å². The molecule has 0 spiro atoms. The summed E-state index contributed by atoms with van der Waals surface area (Å²) in [6.07, 6.45) is 0. The van der Waals surface area contributed by atoms with Crippen LogP contribution >= 0.6 is 0 Å². The number of hydrogen-bond donors (Lipinski definition) is 4. The van der Waals surface area contributed by atoms with Gasteiger partial charge in [-0.1, -0.05) is 48.5 Å². The molecule has 4 nitrogen and oxygen atoms in total. The van der Waals surface area contributed by atoms with E-state index in [0.717, 1.165) is 45.0 Å². The van der Waals surface area contributed by atoms with Gasteiger partial charge < -0.3 is 22.9 Å². The Morgan fingerprint density at radius 1 is 0.250 bits per heavy atom. The normalized spacial score (nSPS) is 10.0. The summed E-state index contributed by atoms with van der Waals surface area (Å²) in [5, 5.41) is 0. The molecule has 0 aliphatic carbocycles. The molecule has 0 aliphatic heterocycles. The van der Waals surface area contributed by atoms with Crippen molar-refractivity contribution in [2.45, 2.75) is 0 Å². The second-order valence-corrected chi connectivity index (χ2v) is 6.49. The Bertz CT molecular complexity index is 830. The topological polar surface area (TPSA) is 104 Å². The van der Waals surface area contributed by atoms with Crippen LogP contribution in [-0.2, 0) is 0 Å². The summed E-state index contributed by atoms with van der Waals surface area (Å²) in [5.74, 6) is 0. The lowest BCUT2D eigenvalue weighted by Gasteiger charge is -2.02. The molecule has 0 unspecified atom stereocenters. The van der Waals surface area contributed by atoms with Crippen LogP contribution in [0, 0.1) is 0 Å². The van der Waals surface area contributed by atoms with Crippen LogP contribution in [0.2, 0.25) is 0 Å². The largest absolute Gasteiger partial charge is 0.399 e. The fourth-order valence-electron chi connectivity index (χ4n) is 2.70. The molecule has 0 atom stereocenters. The van der Waals surface area contributed by atoms with Gasteiger partial charge >= 0.3 is 0 Å². The second-order valence-electron chi connectivity index (χ2n) is 6.49. The molecule has 0 saturated heterocycles. The van der Waals surface area contributed by atoms with E-state index in [1.165, 1.54) is 0 Å². The van der Waals surface area contributed by atoms with E-state index in [-0.39, 0.29) is 0 Å². The van der Waals surface area contributed by atoms with Crippen LogP contribution in [0.1, 0.15) is 0 Å². The lowest BCUT2D eigenvalue weighted by molar-refractivity contribution is 1.61. The number of anilines is 4. The zero-order valence-corrected chi connectivity index (χ0v) is 15.5. The van der Waals surface area contributed by atoms with Gasteiger partial charge in [-0.15, -0.1) is 0 Å². The number of rotatable bonds is 2. The molecule has 0 amide bonds. The fraction of sp³-hybridized carbons (Fsp3) is 0. The Morgan fingerprint density at radius 3 is 0.536 bits per heavy atom. The maximum Gasteiger partial charge on any atom is 0.0314 e. The van der Waals surface area contributed by atoms with E-state index in [1.54, 1.807) is 0 Å². The molecule has 0 saturated carbocycles. The van der Waals surface area contributed by atoms with Crippen molar-refractivity contribution < 1.29 is 0 Å². The van der Waals surface area contributed by atoms with Crippen molar-refractivity contribution in [1.82, 2.24) is 0 Å². The van der Waals surface area contributed by atoms with Crippen LogP contribution in [0.5, 0.6) is 0 Å². The monoisotopic (exact) mass is 368 g/mol. The molecule has 4 aromatic carbocycles. The predicted octanol–water partition coefficient (Wildman–Crippen LogP) is 5.04. The third-order valence-electron chi connectivity index (χ3n) is 4.31. The maximum absolute atomic E-state index is 5.61. The lowest BCUT2D eigenvalue weighted by Crippen LogP contribution is -1.85. The van der Waals surface area contributed by atoms with E-state index in [2.05, 4.69) is 0 Å². The Kier molecular flexibility index (Phi) is 5.82. The van der Waals surface area contributed by atoms with Gasteiger partial charge in [0.15, 0.2) is 0 Å². The highest BCUT2D eigenvalue weighted by molar-refractivity contribution is 5.68. The van der Waals surface area contributed by atoms with Crippen LogP contribution in [-0.4, -0.2) is 0 Å². The standard InChI is InChI=1S/2C12H12N2/c2*13-11-5-1-9(2-6-11)10-3-7-12(14)8-4-10/h2*1-8H,13-14H2. The molecule has 8 N–H and O–H groups in total. The summed E-state index contributed by atoms with van der Waals surface area (Å²) >= 11 is 0. The first-order valence-electron chi connectivity index (χ1n) is 8.94. The summed E-state index contributed by atoms with van der Waals surface area (Å²) < 4.78 is 0. The number of benzene rings is 4. The van der Waals surface area contributed by atoms with Gasteiger partial charge in [0.25, 0.3) is 0 Å². The molecule has 0 radical (unpaired) electrons. The summed E-state index contributed by atoms with van der Waals surface area (Å²) in [6.45, 7) is 0. The lowest BCUT2D eigenvalue weighted by atomic mass is 10.1. The van der Waals surface area contributed by atoms with E-state index in [9.17, 15) is 0 Å². The Hall–Kier alpha value is -3.92.